The number of aryl methyl sites for hydroxylation is 1. The van der Waals surface area contributed by atoms with E-state index in [9.17, 15) is 0 Å². The van der Waals surface area contributed by atoms with E-state index in [-0.39, 0.29) is 0 Å². The standard InChI is InChI=1S/C41H28N2/c1-27-20-21-31(26-36(27)37-18-10-19-39(43-37)38-17-8-9-24-42-38)41-34-15-6-4-13-32(34)40(33-14-5-7-16-35(33)41)30-23-22-28-11-2-3-12-29(28)25-30/h2-26H,1H3. The number of fused-ring (bicyclic) bond motifs is 3. The lowest BCUT2D eigenvalue weighted by molar-refractivity contribution is 1.24. The lowest BCUT2D eigenvalue weighted by atomic mass is 9.85. The molecule has 0 aliphatic carbocycles. The quantitative estimate of drug-likeness (QED) is 0.204. The van der Waals surface area contributed by atoms with Crippen molar-refractivity contribution in [2.75, 3.05) is 0 Å². The molecule has 0 aliphatic heterocycles. The van der Waals surface area contributed by atoms with Crippen molar-refractivity contribution < 1.29 is 0 Å². The van der Waals surface area contributed by atoms with Crippen LogP contribution in [0.3, 0.4) is 0 Å². The van der Waals surface area contributed by atoms with Crippen LogP contribution >= 0.6 is 0 Å². The van der Waals surface area contributed by atoms with Gasteiger partial charge < -0.3 is 0 Å². The second kappa shape index (κ2) is 10.3. The van der Waals surface area contributed by atoms with Crippen LogP contribution in [0.1, 0.15) is 5.56 Å². The summed E-state index contributed by atoms with van der Waals surface area (Å²) >= 11 is 0. The van der Waals surface area contributed by atoms with Gasteiger partial charge in [-0.3, -0.25) is 4.98 Å². The topological polar surface area (TPSA) is 25.8 Å². The average Bonchev–Trinajstić information content (AvgIpc) is 3.08. The SMILES string of the molecule is Cc1ccc(-c2c3ccccc3c(-c3ccc4ccccc4c3)c3ccccc23)cc1-c1cccc(-c2ccccn2)n1. The van der Waals surface area contributed by atoms with Crippen LogP contribution in [-0.2, 0) is 0 Å². The predicted molar refractivity (Wildman–Crippen MR) is 181 cm³/mol. The first-order valence-corrected chi connectivity index (χ1v) is 14.7. The van der Waals surface area contributed by atoms with E-state index in [1.807, 2.05) is 30.5 Å². The maximum atomic E-state index is 5.05. The molecule has 2 aromatic heterocycles. The Morgan fingerprint density at radius 3 is 1.65 bits per heavy atom. The van der Waals surface area contributed by atoms with Crippen molar-refractivity contribution >= 4 is 32.3 Å². The van der Waals surface area contributed by atoms with Crippen molar-refractivity contribution in [1.82, 2.24) is 9.97 Å². The Morgan fingerprint density at radius 2 is 0.977 bits per heavy atom. The van der Waals surface area contributed by atoms with Gasteiger partial charge in [0.05, 0.1) is 17.1 Å². The Hall–Kier alpha value is -5.60. The third-order valence-electron chi connectivity index (χ3n) is 8.45. The summed E-state index contributed by atoms with van der Waals surface area (Å²) in [4.78, 5) is 9.58. The van der Waals surface area contributed by atoms with Crippen LogP contribution in [0.5, 0.6) is 0 Å². The lowest BCUT2D eigenvalue weighted by Crippen LogP contribution is -1.94. The van der Waals surface area contributed by atoms with Gasteiger partial charge >= 0.3 is 0 Å². The third kappa shape index (κ3) is 4.36. The Morgan fingerprint density at radius 1 is 0.419 bits per heavy atom. The van der Waals surface area contributed by atoms with Gasteiger partial charge in [0.15, 0.2) is 0 Å². The van der Waals surface area contributed by atoms with E-state index in [1.165, 1.54) is 60.1 Å². The molecule has 0 spiro atoms. The molecule has 8 aromatic rings. The molecule has 0 atom stereocenters. The second-order valence-electron chi connectivity index (χ2n) is 11.1. The largest absolute Gasteiger partial charge is 0.255 e. The molecule has 2 nitrogen and oxygen atoms in total. The van der Waals surface area contributed by atoms with Gasteiger partial charge in [0.2, 0.25) is 0 Å². The fourth-order valence-electron chi connectivity index (χ4n) is 6.39. The number of benzene rings is 6. The highest BCUT2D eigenvalue weighted by Crippen LogP contribution is 2.44. The van der Waals surface area contributed by atoms with Crippen LogP contribution in [0.25, 0.3) is 77.2 Å². The van der Waals surface area contributed by atoms with Gasteiger partial charge in [-0.15, -0.1) is 0 Å². The highest BCUT2D eigenvalue weighted by Gasteiger charge is 2.18. The van der Waals surface area contributed by atoms with E-state index in [4.69, 9.17) is 4.98 Å². The molecule has 0 radical (unpaired) electrons. The minimum Gasteiger partial charge on any atom is -0.255 e. The van der Waals surface area contributed by atoms with Gasteiger partial charge in [-0.1, -0.05) is 109 Å². The maximum absolute atomic E-state index is 5.05. The van der Waals surface area contributed by atoms with E-state index >= 15 is 0 Å². The first-order valence-electron chi connectivity index (χ1n) is 14.7. The molecule has 0 saturated carbocycles. The molecule has 2 heterocycles. The van der Waals surface area contributed by atoms with Crippen LogP contribution < -0.4 is 0 Å². The molecule has 0 unspecified atom stereocenters. The summed E-state index contributed by atoms with van der Waals surface area (Å²) in [6.45, 7) is 2.16. The molecule has 0 aliphatic rings. The van der Waals surface area contributed by atoms with Gasteiger partial charge in [-0.25, -0.2) is 4.98 Å². The highest BCUT2D eigenvalue weighted by molar-refractivity contribution is 6.21. The van der Waals surface area contributed by atoms with Crippen molar-refractivity contribution in [2.45, 2.75) is 6.92 Å². The molecule has 6 aromatic carbocycles. The van der Waals surface area contributed by atoms with Gasteiger partial charge in [-0.05, 0) is 103 Å². The summed E-state index contributed by atoms with van der Waals surface area (Å²) in [5.74, 6) is 0. The Kier molecular flexibility index (Phi) is 6.05. The molecule has 202 valence electrons. The van der Waals surface area contributed by atoms with Crippen LogP contribution in [0.15, 0.2) is 152 Å². The minimum atomic E-state index is 0.874. The van der Waals surface area contributed by atoms with Crippen molar-refractivity contribution in [3.63, 3.8) is 0 Å². The number of nitrogens with zero attached hydrogens (tertiary/aromatic N) is 2. The van der Waals surface area contributed by atoms with Crippen LogP contribution in [-0.4, -0.2) is 9.97 Å². The van der Waals surface area contributed by atoms with E-state index in [1.54, 1.807) is 0 Å². The Labute approximate surface area is 251 Å². The predicted octanol–water partition coefficient (Wildman–Crippen LogP) is 10.9. The second-order valence-corrected chi connectivity index (χ2v) is 11.1. The molecule has 0 fully saturated rings. The first kappa shape index (κ1) is 25.1. The number of rotatable bonds is 4. The van der Waals surface area contributed by atoms with E-state index < -0.39 is 0 Å². The van der Waals surface area contributed by atoms with Gasteiger partial charge in [0.25, 0.3) is 0 Å². The van der Waals surface area contributed by atoms with Gasteiger partial charge in [-0.2, -0.15) is 0 Å². The maximum Gasteiger partial charge on any atom is 0.0893 e. The lowest BCUT2D eigenvalue weighted by Gasteiger charge is -2.19. The molecule has 0 bridgehead atoms. The van der Waals surface area contributed by atoms with Crippen molar-refractivity contribution in [3.8, 4) is 44.9 Å². The highest BCUT2D eigenvalue weighted by atomic mass is 14.8. The summed E-state index contributed by atoms with van der Waals surface area (Å²) in [6, 6.07) is 52.0. The molecule has 8 rings (SSSR count). The molecule has 0 amide bonds. The van der Waals surface area contributed by atoms with E-state index in [0.29, 0.717) is 0 Å². The molecular formula is C41H28N2. The minimum absolute atomic E-state index is 0.874. The zero-order valence-electron chi connectivity index (χ0n) is 23.8. The fourth-order valence-corrected chi connectivity index (χ4v) is 6.39. The number of pyridine rings is 2. The number of hydrogen-bond acceptors (Lipinski definition) is 2. The summed E-state index contributed by atoms with van der Waals surface area (Å²) in [6.07, 6.45) is 1.81. The third-order valence-corrected chi connectivity index (χ3v) is 8.45. The molecule has 2 heteroatoms. The van der Waals surface area contributed by atoms with Gasteiger partial charge in [0.1, 0.15) is 0 Å². The van der Waals surface area contributed by atoms with Crippen molar-refractivity contribution in [1.29, 1.82) is 0 Å². The molecule has 0 N–H and O–H groups in total. The van der Waals surface area contributed by atoms with Crippen LogP contribution in [0.2, 0.25) is 0 Å². The summed E-state index contributed by atoms with van der Waals surface area (Å²) < 4.78 is 0. The first-order chi connectivity index (χ1) is 21.2. The van der Waals surface area contributed by atoms with Crippen molar-refractivity contribution in [2.24, 2.45) is 0 Å². The molecule has 43 heavy (non-hydrogen) atoms. The summed E-state index contributed by atoms with van der Waals surface area (Å²) in [5.41, 5.74) is 9.95. The number of hydrogen-bond donors (Lipinski definition) is 0. The van der Waals surface area contributed by atoms with Crippen molar-refractivity contribution in [3.05, 3.63) is 157 Å². The fraction of sp³-hybridized carbons (Fsp3) is 0.0244. The summed E-state index contributed by atoms with van der Waals surface area (Å²) in [5, 5.41) is 7.50. The average molecular weight is 549 g/mol. The van der Waals surface area contributed by atoms with Crippen LogP contribution in [0, 0.1) is 6.92 Å². The number of aromatic nitrogens is 2. The molecular weight excluding hydrogens is 520 g/mol. The Bertz CT molecular complexity index is 2240. The zero-order valence-corrected chi connectivity index (χ0v) is 23.8. The van der Waals surface area contributed by atoms with Crippen LogP contribution in [0.4, 0.5) is 0 Å². The zero-order chi connectivity index (χ0) is 28.8. The Balaban J connectivity index is 1.37. The van der Waals surface area contributed by atoms with Gasteiger partial charge in [0, 0.05) is 11.8 Å². The monoisotopic (exact) mass is 548 g/mol. The molecule has 0 saturated heterocycles. The van der Waals surface area contributed by atoms with E-state index in [0.717, 1.165) is 22.6 Å². The summed E-state index contributed by atoms with van der Waals surface area (Å²) in [7, 11) is 0. The van der Waals surface area contributed by atoms with E-state index in [2.05, 4.69) is 133 Å². The normalized spacial score (nSPS) is 11.4. The smallest absolute Gasteiger partial charge is 0.0893 e.